The van der Waals surface area contributed by atoms with Crippen molar-refractivity contribution in [3.05, 3.63) is 113 Å². The summed E-state index contributed by atoms with van der Waals surface area (Å²) in [5.41, 5.74) is 5.78. The SMILES string of the molecule is CC.O=[N+]([O-])c1ccc(-c2ccccc2)cc1-c1ccc(-c2ccccc2)cc1. The molecule has 3 nitrogen and oxygen atoms in total. The van der Waals surface area contributed by atoms with Crippen LogP contribution in [0.25, 0.3) is 33.4 Å². The summed E-state index contributed by atoms with van der Waals surface area (Å²) in [6, 6.07) is 33.1. The molecule has 144 valence electrons. The van der Waals surface area contributed by atoms with Crippen molar-refractivity contribution in [2.24, 2.45) is 0 Å². The van der Waals surface area contributed by atoms with Gasteiger partial charge in [0, 0.05) is 6.07 Å². The third-order valence-electron chi connectivity index (χ3n) is 4.60. The van der Waals surface area contributed by atoms with E-state index < -0.39 is 0 Å². The summed E-state index contributed by atoms with van der Waals surface area (Å²) in [4.78, 5) is 11.2. The van der Waals surface area contributed by atoms with E-state index in [-0.39, 0.29) is 10.6 Å². The Kier molecular flexibility index (Phi) is 6.54. The monoisotopic (exact) mass is 381 g/mol. The van der Waals surface area contributed by atoms with E-state index in [4.69, 9.17) is 0 Å². The molecule has 0 aromatic heterocycles. The molecular weight excluding hydrogens is 358 g/mol. The molecule has 0 fully saturated rings. The zero-order chi connectivity index (χ0) is 20.6. The second-order valence-corrected chi connectivity index (χ2v) is 6.30. The minimum Gasteiger partial charge on any atom is -0.258 e. The van der Waals surface area contributed by atoms with E-state index in [1.807, 2.05) is 105 Å². The van der Waals surface area contributed by atoms with Crippen LogP contribution in [0, 0.1) is 10.1 Å². The first-order valence-electron chi connectivity index (χ1n) is 9.72. The van der Waals surface area contributed by atoms with Crippen molar-refractivity contribution in [3.63, 3.8) is 0 Å². The Labute approximate surface area is 171 Å². The molecule has 0 spiro atoms. The van der Waals surface area contributed by atoms with Gasteiger partial charge in [-0.2, -0.15) is 0 Å². The molecule has 4 aromatic carbocycles. The number of benzene rings is 4. The fourth-order valence-corrected chi connectivity index (χ4v) is 3.21. The van der Waals surface area contributed by atoms with E-state index in [1.54, 1.807) is 12.1 Å². The van der Waals surface area contributed by atoms with Crippen LogP contribution in [0.15, 0.2) is 103 Å². The molecule has 0 unspecified atom stereocenters. The van der Waals surface area contributed by atoms with Crippen molar-refractivity contribution in [2.45, 2.75) is 13.8 Å². The largest absolute Gasteiger partial charge is 0.277 e. The smallest absolute Gasteiger partial charge is 0.258 e. The molecule has 0 amide bonds. The van der Waals surface area contributed by atoms with E-state index >= 15 is 0 Å². The minimum absolute atomic E-state index is 0.113. The van der Waals surface area contributed by atoms with Crippen molar-refractivity contribution in [1.82, 2.24) is 0 Å². The molecule has 0 aliphatic carbocycles. The Morgan fingerprint density at radius 1 is 0.552 bits per heavy atom. The number of hydrogen-bond acceptors (Lipinski definition) is 2. The van der Waals surface area contributed by atoms with Crippen molar-refractivity contribution >= 4 is 5.69 Å². The molecule has 29 heavy (non-hydrogen) atoms. The third kappa shape index (κ3) is 4.58. The lowest BCUT2D eigenvalue weighted by atomic mass is 9.96. The molecule has 0 radical (unpaired) electrons. The molecule has 0 saturated carbocycles. The summed E-state index contributed by atoms with van der Waals surface area (Å²) < 4.78 is 0. The highest BCUT2D eigenvalue weighted by atomic mass is 16.6. The molecule has 4 aromatic rings. The van der Waals surface area contributed by atoms with Gasteiger partial charge in [-0.05, 0) is 39.9 Å². The normalized spacial score (nSPS) is 10.0. The third-order valence-corrected chi connectivity index (χ3v) is 4.60. The summed E-state index contributed by atoms with van der Waals surface area (Å²) in [5.74, 6) is 0. The Balaban J connectivity index is 0.00000117. The molecule has 0 aliphatic rings. The van der Waals surface area contributed by atoms with Gasteiger partial charge in [0.15, 0.2) is 0 Å². The lowest BCUT2D eigenvalue weighted by Crippen LogP contribution is -1.93. The summed E-state index contributed by atoms with van der Waals surface area (Å²) >= 11 is 0. The van der Waals surface area contributed by atoms with Gasteiger partial charge in [0.25, 0.3) is 5.69 Å². The van der Waals surface area contributed by atoms with Crippen LogP contribution in [0.5, 0.6) is 0 Å². The Hall–Kier alpha value is -3.72. The van der Waals surface area contributed by atoms with E-state index in [2.05, 4.69) is 0 Å². The highest BCUT2D eigenvalue weighted by molar-refractivity contribution is 5.81. The average Bonchev–Trinajstić information content (AvgIpc) is 2.81. The van der Waals surface area contributed by atoms with Crippen LogP contribution >= 0.6 is 0 Å². The maximum atomic E-state index is 11.5. The van der Waals surface area contributed by atoms with Crippen LogP contribution < -0.4 is 0 Å². The van der Waals surface area contributed by atoms with Crippen LogP contribution in [0.2, 0.25) is 0 Å². The quantitative estimate of drug-likeness (QED) is 0.269. The fourth-order valence-electron chi connectivity index (χ4n) is 3.21. The number of nitro groups is 1. The first kappa shape index (κ1) is 20.0. The minimum atomic E-state index is -0.324. The number of hydrogen-bond donors (Lipinski definition) is 0. The average molecular weight is 381 g/mol. The van der Waals surface area contributed by atoms with Gasteiger partial charge in [-0.15, -0.1) is 0 Å². The predicted octanol–water partition coefficient (Wildman–Crippen LogP) is 7.62. The second-order valence-electron chi connectivity index (χ2n) is 6.30. The summed E-state index contributed by atoms with van der Waals surface area (Å²) in [6.45, 7) is 4.00. The topological polar surface area (TPSA) is 43.1 Å². The Morgan fingerprint density at radius 3 is 1.48 bits per heavy atom. The van der Waals surface area contributed by atoms with Crippen molar-refractivity contribution in [2.75, 3.05) is 0 Å². The summed E-state index contributed by atoms with van der Waals surface area (Å²) in [5, 5.41) is 11.5. The van der Waals surface area contributed by atoms with Gasteiger partial charge in [-0.1, -0.05) is 98.8 Å². The fraction of sp³-hybridized carbons (Fsp3) is 0.0769. The highest BCUT2D eigenvalue weighted by Crippen LogP contribution is 2.35. The van der Waals surface area contributed by atoms with E-state index in [1.165, 1.54) is 0 Å². The number of rotatable bonds is 4. The lowest BCUT2D eigenvalue weighted by molar-refractivity contribution is -0.384. The summed E-state index contributed by atoms with van der Waals surface area (Å²) in [7, 11) is 0. The van der Waals surface area contributed by atoms with Crippen LogP contribution in [-0.2, 0) is 0 Å². The van der Waals surface area contributed by atoms with Gasteiger partial charge >= 0.3 is 0 Å². The Morgan fingerprint density at radius 2 is 0.966 bits per heavy atom. The van der Waals surface area contributed by atoms with Crippen molar-refractivity contribution in [3.8, 4) is 33.4 Å². The summed E-state index contributed by atoms with van der Waals surface area (Å²) in [6.07, 6.45) is 0. The molecule has 0 heterocycles. The van der Waals surface area contributed by atoms with E-state index in [0.29, 0.717) is 5.56 Å². The van der Waals surface area contributed by atoms with Crippen LogP contribution in [0.1, 0.15) is 13.8 Å². The number of nitro benzene ring substituents is 1. The van der Waals surface area contributed by atoms with E-state index in [0.717, 1.165) is 27.8 Å². The standard InChI is InChI=1S/C24H17NO2.C2H6/c26-25(27)24-16-15-22(19-9-5-2-6-10-19)17-23(24)21-13-11-20(12-14-21)18-7-3-1-4-8-18;1-2/h1-17H;1-2H3. The molecule has 0 N–H and O–H groups in total. The van der Waals surface area contributed by atoms with Gasteiger partial charge in [-0.3, -0.25) is 10.1 Å². The molecule has 3 heteroatoms. The maximum Gasteiger partial charge on any atom is 0.277 e. The van der Waals surface area contributed by atoms with Crippen LogP contribution in [-0.4, -0.2) is 4.92 Å². The van der Waals surface area contributed by atoms with Crippen LogP contribution in [0.3, 0.4) is 0 Å². The van der Waals surface area contributed by atoms with Crippen molar-refractivity contribution < 1.29 is 4.92 Å². The molecule has 0 saturated heterocycles. The molecular formula is C26H23NO2. The van der Waals surface area contributed by atoms with Gasteiger partial charge in [0.05, 0.1) is 10.5 Å². The first-order valence-corrected chi connectivity index (χ1v) is 9.72. The van der Waals surface area contributed by atoms with Crippen LogP contribution in [0.4, 0.5) is 5.69 Å². The molecule has 0 aliphatic heterocycles. The molecule has 0 atom stereocenters. The molecule has 0 bridgehead atoms. The van der Waals surface area contributed by atoms with Gasteiger partial charge in [-0.25, -0.2) is 0 Å². The number of nitrogens with zero attached hydrogens (tertiary/aromatic N) is 1. The van der Waals surface area contributed by atoms with Gasteiger partial charge in [0.1, 0.15) is 0 Å². The lowest BCUT2D eigenvalue weighted by Gasteiger charge is -2.09. The first-order chi connectivity index (χ1) is 14.2. The molecule has 4 rings (SSSR count). The maximum absolute atomic E-state index is 11.5. The van der Waals surface area contributed by atoms with E-state index in [9.17, 15) is 10.1 Å². The van der Waals surface area contributed by atoms with Crippen molar-refractivity contribution in [1.29, 1.82) is 0 Å². The van der Waals surface area contributed by atoms with Gasteiger partial charge in [0.2, 0.25) is 0 Å². The highest BCUT2D eigenvalue weighted by Gasteiger charge is 2.16. The zero-order valence-electron chi connectivity index (χ0n) is 16.6. The predicted molar refractivity (Wildman–Crippen MR) is 121 cm³/mol. The Bertz CT molecular complexity index is 1070. The second kappa shape index (κ2) is 9.47. The van der Waals surface area contributed by atoms with Gasteiger partial charge < -0.3 is 0 Å². The zero-order valence-corrected chi connectivity index (χ0v) is 16.6.